The van der Waals surface area contributed by atoms with E-state index < -0.39 is 24.1 Å². The molecule has 0 spiro atoms. The summed E-state index contributed by atoms with van der Waals surface area (Å²) in [5.41, 5.74) is 2.24. The summed E-state index contributed by atoms with van der Waals surface area (Å²) in [7, 11) is 1.93. The molecule has 44 heavy (non-hydrogen) atoms. The van der Waals surface area contributed by atoms with Crippen LogP contribution in [0.2, 0.25) is 0 Å². The van der Waals surface area contributed by atoms with Gasteiger partial charge in [0.05, 0.1) is 29.5 Å². The molecule has 0 bridgehead atoms. The average Bonchev–Trinajstić information content (AvgIpc) is 3.47. The summed E-state index contributed by atoms with van der Waals surface area (Å²) < 4.78 is 17.3. The fourth-order valence-electron chi connectivity index (χ4n) is 5.25. The van der Waals surface area contributed by atoms with Gasteiger partial charge in [-0.25, -0.2) is 9.59 Å². The number of carbonyl (C=O) groups excluding carboxylic acids is 2. The zero-order chi connectivity index (χ0) is 31.4. The number of para-hydroxylation sites is 1. The molecule has 2 aliphatic rings. The minimum Gasteiger partial charge on any atom is -0.486 e. The monoisotopic (exact) mass is 604 g/mol. The molecule has 2 heterocycles. The molecule has 5 rings (SSSR count). The molecular formula is C32H36N4O8. The summed E-state index contributed by atoms with van der Waals surface area (Å²) in [6, 6.07) is 15.8. The fraction of sp³-hybridized carbons (Fsp3) is 0.344. The Bertz CT molecular complexity index is 1530. The lowest BCUT2D eigenvalue weighted by molar-refractivity contribution is 0.0343. The molecule has 12 heteroatoms. The molecule has 3 atom stereocenters. The second kappa shape index (κ2) is 13.2. The van der Waals surface area contributed by atoms with E-state index >= 15 is 0 Å². The number of amides is 3. The molecule has 3 aromatic carbocycles. The van der Waals surface area contributed by atoms with E-state index in [0.29, 0.717) is 42.5 Å². The van der Waals surface area contributed by atoms with E-state index in [4.69, 9.17) is 14.2 Å². The summed E-state index contributed by atoms with van der Waals surface area (Å²) in [5, 5.41) is 24.8. The number of carbonyl (C=O) groups is 3. The molecule has 0 saturated carbocycles. The van der Waals surface area contributed by atoms with Crippen molar-refractivity contribution in [1.82, 2.24) is 9.80 Å². The van der Waals surface area contributed by atoms with Crippen molar-refractivity contribution in [3.8, 4) is 17.2 Å². The molecule has 0 aromatic heterocycles. The van der Waals surface area contributed by atoms with Gasteiger partial charge < -0.3 is 40.0 Å². The van der Waals surface area contributed by atoms with Crippen LogP contribution < -0.4 is 24.8 Å². The topological polar surface area (TPSA) is 150 Å². The van der Waals surface area contributed by atoms with Gasteiger partial charge in [0.15, 0.2) is 17.2 Å². The quantitative estimate of drug-likeness (QED) is 0.283. The van der Waals surface area contributed by atoms with Crippen LogP contribution in [0, 0.1) is 5.92 Å². The molecule has 0 aliphatic carbocycles. The lowest BCUT2D eigenvalue weighted by Gasteiger charge is -2.38. The van der Waals surface area contributed by atoms with Crippen LogP contribution in [0.3, 0.4) is 0 Å². The van der Waals surface area contributed by atoms with Gasteiger partial charge in [0.1, 0.15) is 6.10 Å². The third-order valence-corrected chi connectivity index (χ3v) is 7.71. The van der Waals surface area contributed by atoms with E-state index in [9.17, 15) is 24.6 Å². The molecule has 12 nitrogen and oxygen atoms in total. The first-order valence-electron chi connectivity index (χ1n) is 14.3. The maximum atomic E-state index is 13.7. The first-order chi connectivity index (χ1) is 21.1. The molecule has 2 aliphatic heterocycles. The van der Waals surface area contributed by atoms with E-state index in [2.05, 4.69) is 15.5 Å². The number of carboxylic acid groups (broad SMARTS) is 1. The first kappa shape index (κ1) is 30.6. The van der Waals surface area contributed by atoms with Gasteiger partial charge in [-0.2, -0.15) is 0 Å². The van der Waals surface area contributed by atoms with Crippen molar-refractivity contribution < 1.29 is 38.8 Å². The Kier molecular flexibility index (Phi) is 9.21. The number of anilines is 2. The summed E-state index contributed by atoms with van der Waals surface area (Å²) in [5.74, 6) is -0.0726. The number of carboxylic acids is 1. The zero-order valence-corrected chi connectivity index (χ0v) is 24.8. The maximum absolute atomic E-state index is 13.7. The summed E-state index contributed by atoms with van der Waals surface area (Å²) in [6.45, 7) is 5.04. The predicted molar refractivity (Wildman–Crippen MR) is 163 cm³/mol. The van der Waals surface area contributed by atoms with Gasteiger partial charge in [0, 0.05) is 37.3 Å². The standard InChI is InChI=1S/C32H36N4O8/c1-19-14-36(20(2)17-37)30(38)24-5-4-6-25(34-32(41)33-23-11-12-26-27(13-23)43-18-42-26)29(24)44-28(19)16-35(3)15-21-7-9-22(10-8-21)31(39)40/h4-13,19-20,28,37H,14-18H2,1-3H3,(H,39,40)(H2,33,34,41)/t19-,20+,28+/m1/s1. The molecule has 3 amide bonds. The van der Waals surface area contributed by atoms with Gasteiger partial charge in [0.25, 0.3) is 5.91 Å². The van der Waals surface area contributed by atoms with E-state index in [-0.39, 0.29) is 42.1 Å². The van der Waals surface area contributed by atoms with Crippen LogP contribution in [0.1, 0.15) is 40.1 Å². The van der Waals surface area contributed by atoms with Crippen LogP contribution >= 0.6 is 0 Å². The second-order valence-corrected chi connectivity index (χ2v) is 11.2. The van der Waals surface area contributed by atoms with Crippen molar-refractivity contribution in [2.75, 3.05) is 44.2 Å². The predicted octanol–water partition coefficient (Wildman–Crippen LogP) is 4.11. The second-order valence-electron chi connectivity index (χ2n) is 11.2. The summed E-state index contributed by atoms with van der Waals surface area (Å²) >= 11 is 0. The Labute approximate surface area is 255 Å². The number of likely N-dealkylation sites (N-methyl/N-ethyl adjacent to an activating group) is 1. The molecule has 3 aromatic rings. The number of aliphatic hydroxyl groups is 1. The van der Waals surface area contributed by atoms with Gasteiger partial charge in [0.2, 0.25) is 6.79 Å². The van der Waals surface area contributed by atoms with Crippen molar-refractivity contribution >= 4 is 29.3 Å². The van der Waals surface area contributed by atoms with Crippen molar-refractivity contribution in [2.45, 2.75) is 32.5 Å². The normalized spacial score (nSPS) is 18.1. The Morgan fingerprint density at radius 3 is 2.55 bits per heavy atom. The SMILES string of the molecule is C[C@@H]1CN([C@@H](C)CO)C(=O)c2cccc(NC(=O)Nc3ccc4c(c3)OCO4)c2O[C@H]1CN(C)Cc1ccc(C(=O)O)cc1. The lowest BCUT2D eigenvalue weighted by Crippen LogP contribution is -2.49. The van der Waals surface area contributed by atoms with E-state index in [1.54, 1.807) is 72.5 Å². The Morgan fingerprint density at radius 1 is 1.07 bits per heavy atom. The highest BCUT2D eigenvalue weighted by Gasteiger charge is 2.34. The zero-order valence-electron chi connectivity index (χ0n) is 24.8. The van der Waals surface area contributed by atoms with Crippen LogP contribution in [0.4, 0.5) is 16.2 Å². The highest BCUT2D eigenvalue weighted by Crippen LogP contribution is 2.36. The van der Waals surface area contributed by atoms with Crippen molar-refractivity contribution in [3.05, 3.63) is 77.4 Å². The van der Waals surface area contributed by atoms with Crippen LogP contribution in [0.5, 0.6) is 17.2 Å². The van der Waals surface area contributed by atoms with Crippen molar-refractivity contribution in [1.29, 1.82) is 0 Å². The molecule has 0 radical (unpaired) electrons. The average molecular weight is 605 g/mol. The minimum atomic E-state index is -0.981. The number of nitrogens with one attached hydrogen (secondary N) is 2. The third-order valence-electron chi connectivity index (χ3n) is 7.71. The number of ether oxygens (including phenoxy) is 3. The number of fused-ring (bicyclic) bond motifs is 2. The Balaban J connectivity index is 1.39. The van der Waals surface area contributed by atoms with Gasteiger partial charge in [-0.15, -0.1) is 0 Å². The number of urea groups is 1. The number of aromatic carboxylic acids is 1. The van der Waals surface area contributed by atoms with Crippen LogP contribution in [0.15, 0.2) is 60.7 Å². The summed E-state index contributed by atoms with van der Waals surface area (Å²) in [4.78, 5) is 41.8. The largest absolute Gasteiger partial charge is 0.486 e. The smallest absolute Gasteiger partial charge is 0.335 e. The van der Waals surface area contributed by atoms with E-state index in [0.717, 1.165) is 5.56 Å². The number of rotatable bonds is 9. The molecule has 0 saturated heterocycles. The van der Waals surface area contributed by atoms with Crippen LogP contribution in [-0.4, -0.2) is 83.6 Å². The lowest BCUT2D eigenvalue weighted by atomic mass is 9.98. The third kappa shape index (κ3) is 6.87. The number of nitrogens with zero attached hydrogens (tertiary/aromatic N) is 2. The van der Waals surface area contributed by atoms with Crippen molar-refractivity contribution in [3.63, 3.8) is 0 Å². The van der Waals surface area contributed by atoms with E-state index in [1.165, 1.54) is 0 Å². The van der Waals surface area contributed by atoms with Crippen LogP contribution in [0.25, 0.3) is 0 Å². The van der Waals surface area contributed by atoms with Gasteiger partial charge in [-0.3, -0.25) is 9.69 Å². The molecular weight excluding hydrogens is 568 g/mol. The maximum Gasteiger partial charge on any atom is 0.335 e. The fourth-order valence-corrected chi connectivity index (χ4v) is 5.25. The molecule has 0 unspecified atom stereocenters. The Hall–Kier alpha value is -4.81. The van der Waals surface area contributed by atoms with Gasteiger partial charge >= 0.3 is 12.0 Å². The highest BCUT2D eigenvalue weighted by atomic mass is 16.7. The first-order valence-corrected chi connectivity index (χ1v) is 14.3. The van der Waals surface area contributed by atoms with Gasteiger partial charge in [-0.1, -0.05) is 25.1 Å². The van der Waals surface area contributed by atoms with Gasteiger partial charge in [-0.05, 0) is 55.9 Å². The Morgan fingerprint density at radius 2 is 1.82 bits per heavy atom. The minimum absolute atomic E-state index is 0.115. The molecule has 0 fully saturated rings. The van der Waals surface area contributed by atoms with Crippen molar-refractivity contribution in [2.24, 2.45) is 5.92 Å². The molecule has 232 valence electrons. The van der Waals surface area contributed by atoms with Crippen LogP contribution in [-0.2, 0) is 6.54 Å². The number of hydrogen-bond donors (Lipinski definition) is 4. The highest BCUT2D eigenvalue weighted by molar-refractivity contribution is 6.04. The molecule has 4 N–H and O–H groups in total. The van der Waals surface area contributed by atoms with E-state index in [1.807, 2.05) is 14.0 Å². The number of benzene rings is 3. The number of hydrogen-bond acceptors (Lipinski definition) is 8. The summed E-state index contributed by atoms with van der Waals surface area (Å²) in [6.07, 6.45) is -0.404. The number of aliphatic hydroxyl groups excluding tert-OH is 1.